The number of morpholine rings is 1. The zero-order chi connectivity index (χ0) is 15.8. The van der Waals surface area contributed by atoms with Crippen molar-refractivity contribution < 1.29 is 31.1 Å². The third kappa shape index (κ3) is 3.88. The van der Waals surface area contributed by atoms with E-state index in [9.17, 15) is 26.3 Å². The Hall–Kier alpha value is -1.28. The number of alkyl halides is 6. The van der Waals surface area contributed by atoms with E-state index in [0.717, 1.165) is 0 Å². The van der Waals surface area contributed by atoms with Gasteiger partial charge in [-0.25, -0.2) is 0 Å². The van der Waals surface area contributed by atoms with Crippen molar-refractivity contribution in [1.82, 2.24) is 5.32 Å². The van der Waals surface area contributed by atoms with Crippen LogP contribution in [0, 0.1) is 0 Å². The van der Waals surface area contributed by atoms with Gasteiger partial charge in [-0.2, -0.15) is 26.3 Å². The monoisotopic (exact) mass is 313 g/mol. The molecule has 2 rings (SSSR count). The number of halogens is 6. The Morgan fingerprint density at radius 2 is 1.52 bits per heavy atom. The maximum Gasteiger partial charge on any atom is 0.416 e. The zero-order valence-electron chi connectivity index (χ0n) is 11.0. The summed E-state index contributed by atoms with van der Waals surface area (Å²) in [6.45, 7) is 2.20. The predicted octanol–water partition coefficient (Wildman–Crippen LogP) is 3.77. The first-order valence-electron chi connectivity index (χ1n) is 6.22. The molecule has 21 heavy (non-hydrogen) atoms. The van der Waals surface area contributed by atoms with Crippen molar-refractivity contribution in [3.05, 3.63) is 34.9 Å². The summed E-state index contributed by atoms with van der Waals surface area (Å²) in [6.07, 6.45) is -10.5. The molecule has 2 atom stereocenters. The Balaban J connectivity index is 2.41. The van der Waals surface area contributed by atoms with Crippen molar-refractivity contribution in [2.75, 3.05) is 13.2 Å². The summed E-state index contributed by atoms with van der Waals surface area (Å²) in [4.78, 5) is 0. The Morgan fingerprint density at radius 1 is 1.00 bits per heavy atom. The van der Waals surface area contributed by atoms with Gasteiger partial charge in [-0.15, -0.1) is 0 Å². The van der Waals surface area contributed by atoms with Gasteiger partial charge in [-0.3, -0.25) is 0 Å². The largest absolute Gasteiger partial charge is 0.416 e. The highest BCUT2D eigenvalue weighted by atomic mass is 19.4. The molecular weight excluding hydrogens is 300 g/mol. The highest BCUT2D eigenvalue weighted by molar-refractivity contribution is 5.35. The molecule has 0 aliphatic carbocycles. The van der Waals surface area contributed by atoms with E-state index in [1.807, 2.05) is 6.92 Å². The fraction of sp³-hybridized carbons (Fsp3) is 0.538. The van der Waals surface area contributed by atoms with Gasteiger partial charge < -0.3 is 10.1 Å². The molecule has 1 aliphatic rings. The molecule has 1 N–H and O–H groups in total. The maximum atomic E-state index is 12.7. The lowest BCUT2D eigenvalue weighted by atomic mass is 10.00. The second-order valence-corrected chi connectivity index (χ2v) is 4.97. The van der Waals surface area contributed by atoms with Crippen LogP contribution in [0.5, 0.6) is 0 Å². The van der Waals surface area contributed by atoms with Crippen LogP contribution in [0.4, 0.5) is 26.3 Å². The standard InChI is InChI=1S/C13H13F6NO/c1-7-6-21-11(5-20-7)8-2-9(12(14,15)16)4-10(3-8)13(17,18)19/h2-4,7,11,20H,5-6H2,1H3. The first kappa shape index (κ1) is 16.1. The van der Waals surface area contributed by atoms with Gasteiger partial charge in [0.05, 0.1) is 23.8 Å². The number of hydrogen-bond acceptors (Lipinski definition) is 2. The van der Waals surface area contributed by atoms with Crippen molar-refractivity contribution in [3.8, 4) is 0 Å². The highest BCUT2D eigenvalue weighted by Crippen LogP contribution is 2.38. The van der Waals surface area contributed by atoms with Crippen LogP contribution in [0.2, 0.25) is 0 Å². The van der Waals surface area contributed by atoms with Crippen molar-refractivity contribution >= 4 is 0 Å². The van der Waals surface area contributed by atoms with Crippen LogP contribution in [-0.2, 0) is 17.1 Å². The summed E-state index contributed by atoms with van der Waals surface area (Å²) in [5.41, 5.74) is -2.78. The van der Waals surface area contributed by atoms with E-state index in [4.69, 9.17) is 4.74 Å². The molecule has 0 bridgehead atoms. The topological polar surface area (TPSA) is 21.3 Å². The van der Waals surface area contributed by atoms with E-state index in [1.165, 1.54) is 0 Å². The Bertz CT molecular complexity index is 470. The third-order valence-electron chi connectivity index (χ3n) is 3.18. The molecule has 0 aromatic heterocycles. The van der Waals surface area contributed by atoms with Gasteiger partial charge in [0, 0.05) is 12.6 Å². The molecule has 0 amide bonds. The van der Waals surface area contributed by atoms with E-state index in [-0.39, 0.29) is 30.8 Å². The lowest BCUT2D eigenvalue weighted by Gasteiger charge is -2.29. The van der Waals surface area contributed by atoms with Gasteiger partial charge >= 0.3 is 12.4 Å². The molecule has 118 valence electrons. The normalized spacial score (nSPS) is 24.1. The van der Waals surface area contributed by atoms with Crippen LogP contribution in [0.3, 0.4) is 0 Å². The average Bonchev–Trinajstić information content (AvgIpc) is 2.37. The number of nitrogens with one attached hydrogen (secondary N) is 1. The van der Waals surface area contributed by atoms with E-state index < -0.39 is 29.6 Å². The zero-order valence-corrected chi connectivity index (χ0v) is 11.0. The van der Waals surface area contributed by atoms with Gasteiger partial charge in [0.15, 0.2) is 0 Å². The summed E-state index contributed by atoms with van der Waals surface area (Å²) in [5, 5.41) is 2.96. The van der Waals surface area contributed by atoms with Crippen molar-refractivity contribution in [2.45, 2.75) is 31.4 Å². The average molecular weight is 313 g/mol. The van der Waals surface area contributed by atoms with Crippen molar-refractivity contribution in [2.24, 2.45) is 0 Å². The van der Waals surface area contributed by atoms with Gasteiger partial charge in [0.25, 0.3) is 0 Å². The Labute approximate surface area is 117 Å². The second-order valence-electron chi connectivity index (χ2n) is 4.97. The molecule has 1 aliphatic heterocycles. The van der Waals surface area contributed by atoms with Gasteiger partial charge in [-0.1, -0.05) is 0 Å². The minimum Gasteiger partial charge on any atom is -0.371 e. The SMILES string of the molecule is CC1COC(c2cc(C(F)(F)F)cc(C(F)(F)F)c2)CN1. The molecule has 2 unspecified atom stereocenters. The molecule has 1 heterocycles. The van der Waals surface area contributed by atoms with Gasteiger partial charge in [0.1, 0.15) is 0 Å². The minimum atomic E-state index is -4.84. The minimum absolute atomic E-state index is 0.00846. The van der Waals surface area contributed by atoms with E-state index in [2.05, 4.69) is 5.32 Å². The summed E-state index contributed by atoms with van der Waals surface area (Å²) in [6, 6.07) is 1.53. The molecule has 1 aromatic rings. The van der Waals surface area contributed by atoms with E-state index in [1.54, 1.807) is 0 Å². The molecule has 2 nitrogen and oxygen atoms in total. The van der Waals surface area contributed by atoms with Crippen molar-refractivity contribution in [3.63, 3.8) is 0 Å². The molecule has 1 aromatic carbocycles. The van der Waals surface area contributed by atoms with Crippen LogP contribution in [0.15, 0.2) is 18.2 Å². The van der Waals surface area contributed by atoms with Gasteiger partial charge in [-0.05, 0) is 30.7 Å². The summed E-state index contributed by atoms with van der Waals surface area (Å²) >= 11 is 0. The third-order valence-corrected chi connectivity index (χ3v) is 3.18. The van der Waals surface area contributed by atoms with Crippen LogP contribution in [0.1, 0.15) is 29.7 Å². The maximum absolute atomic E-state index is 12.7. The Kier molecular flexibility index (Phi) is 4.21. The molecule has 0 radical (unpaired) electrons. The fourth-order valence-corrected chi connectivity index (χ4v) is 2.07. The Morgan fingerprint density at radius 3 is 1.90 bits per heavy atom. The number of benzene rings is 1. The van der Waals surface area contributed by atoms with Crippen LogP contribution in [0.25, 0.3) is 0 Å². The van der Waals surface area contributed by atoms with E-state index >= 15 is 0 Å². The molecule has 1 fully saturated rings. The van der Waals surface area contributed by atoms with Crippen LogP contribution < -0.4 is 5.32 Å². The number of hydrogen-bond donors (Lipinski definition) is 1. The highest BCUT2D eigenvalue weighted by Gasteiger charge is 2.37. The first-order valence-corrected chi connectivity index (χ1v) is 6.22. The van der Waals surface area contributed by atoms with Crippen LogP contribution in [-0.4, -0.2) is 19.2 Å². The molecule has 1 saturated heterocycles. The second kappa shape index (κ2) is 5.49. The lowest BCUT2D eigenvalue weighted by Crippen LogP contribution is -2.40. The predicted molar refractivity (Wildman–Crippen MR) is 62.6 cm³/mol. The molecular formula is C13H13F6NO. The molecule has 0 spiro atoms. The number of ether oxygens (including phenoxy) is 1. The number of rotatable bonds is 1. The lowest BCUT2D eigenvalue weighted by molar-refractivity contribution is -0.143. The molecule has 8 heteroatoms. The molecule has 0 saturated carbocycles. The summed E-state index contributed by atoms with van der Waals surface area (Å²) < 4.78 is 81.8. The quantitative estimate of drug-likeness (QED) is 0.797. The summed E-state index contributed by atoms with van der Waals surface area (Å²) in [5.74, 6) is 0. The van der Waals surface area contributed by atoms with Crippen LogP contribution >= 0.6 is 0 Å². The first-order chi connectivity index (χ1) is 9.57. The van der Waals surface area contributed by atoms with Crippen molar-refractivity contribution in [1.29, 1.82) is 0 Å². The smallest absolute Gasteiger partial charge is 0.371 e. The van der Waals surface area contributed by atoms with E-state index in [0.29, 0.717) is 12.1 Å². The fourth-order valence-electron chi connectivity index (χ4n) is 2.07. The summed E-state index contributed by atoms with van der Waals surface area (Å²) in [7, 11) is 0. The van der Waals surface area contributed by atoms with Gasteiger partial charge in [0.2, 0.25) is 0 Å².